The third-order valence-corrected chi connectivity index (χ3v) is 6.83. The minimum absolute atomic E-state index is 0.00789. The molecule has 2 aliphatic carbocycles. The molecule has 1 aliphatic heterocycles. The Kier molecular flexibility index (Phi) is 4.08. The molecule has 3 atom stereocenters. The van der Waals surface area contributed by atoms with Gasteiger partial charge >= 0.3 is 0 Å². The average Bonchev–Trinajstić information content (AvgIpc) is 2.97. The molecule has 0 aromatic carbocycles. The molecule has 2 saturated carbocycles. The highest BCUT2D eigenvalue weighted by Crippen LogP contribution is 2.52. The zero-order valence-corrected chi connectivity index (χ0v) is 16.0. The number of aromatic amines is 1. The van der Waals surface area contributed by atoms with Crippen LogP contribution in [0.5, 0.6) is 0 Å². The molecule has 0 bridgehead atoms. The van der Waals surface area contributed by atoms with E-state index in [9.17, 15) is 9.59 Å². The standard InChI is InChI=1S/C19H29N5O2/c1-12-21-15(23-22-12)17(26)24-9-8-19(7-5-4-6-14(19)24)11-20-16(25)13-10-18(13,2)3/h13-14H,4-11H2,1-3H3,(H,20,25)(H,21,22,23)/t13-,14?,19?/m1/s1. The molecule has 1 saturated heterocycles. The summed E-state index contributed by atoms with van der Waals surface area (Å²) >= 11 is 0. The number of amides is 2. The van der Waals surface area contributed by atoms with Gasteiger partial charge in [0.05, 0.1) is 0 Å². The van der Waals surface area contributed by atoms with Crippen LogP contribution in [0.2, 0.25) is 0 Å². The summed E-state index contributed by atoms with van der Waals surface area (Å²) in [5.41, 5.74) is 0.156. The number of aromatic nitrogens is 3. The number of rotatable bonds is 4. The summed E-state index contributed by atoms with van der Waals surface area (Å²) in [6.45, 7) is 7.50. The molecule has 2 heterocycles. The molecular weight excluding hydrogens is 330 g/mol. The van der Waals surface area contributed by atoms with E-state index in [0.717, 1.165) is 38.6 Å². The summed E-state index contributed by atoms with van der Waals surface area (Å²) in [6, 6.07) is 0.176. The van der Waals surface area contributed by atoms with Crippen molar-refractivity contribution in [3.63, 3.8) is 0 Å². The predicted octanol–water partition coefficient (Wildman–Crippen LogP) is 2.05. The fraction of sp³-hybridized carbons (Fsp3) is 0.789. The first-order valence-electron chi connectivity index (χ1n) is 9.80. The van der Waals surface area contributed by atoms with Crippen molar-refractivity contribution in [2.75, 3.05) is 13.1 Å². The van der Waals surface area contributed by atoms with E-state index in [1.54, 1.807) is 6.92 Å². The van der Waals surface area contributed by atoms with Gasteiger partial charge in [-0.1, -0.05) is 26.7 Å². The van der Waals surface area contributed by atoms with E-state index in [-0.39, 0.29) is 40.4 Å². The van der Waals surface area contributed by atoms with Crippen molar-refractivity contribution in [1.82, 2.24) is 25.4 Å². The topological polar surface area (TPSA) is 91.0 Å². The molecule has 2 N–H and O–H groups in total. The number of aryl methyl sites for hydroxylation is 1. The maximum atomic E-state index is 12.9. The summed E-state index contributed by atoms with van der Waals surface area (Å²) in [5, 5.41) is 10.0. The second-order valence-corrected chi connectivity index (χ2v) is 9.08. The first-order chi connectivity index (χ1) is 12.3. The van der Waals surface area contributed by atoms with Crippen molar-refractivity contribution in [1.29, 1.82) is 0 Å². The van der Waals surface area contributed by atoms with Crippen LogP contribution < -0.4 is 5.32 Å². The van der Waals surface area contributed by atoms with Crippen LogP contribution in [0.15, 0.2) is 0 Å². The van der Waals surface area contributed by atoms with Gasteiger partial charge in [-0.15, -0.1) is 5.10 Å². The molecule has 7 heteroatoms. The summed E-state index contributed by atoms with van der Waals surface area (Å²) < 4.78 is 0. The number of nitrogens with one attached hydrogen (secondary N) is 2. The summed E-state index contributed by atoms with van der Waals surface area (Å²) in [6.07, 6.45) is 6.30. The summed E-state index contributed by atoms with van der Waals surface area (Å²) in [7, 11) is 0. The first kappa shape index (κ1) is 17.5. The lowest BCUT2D eigenvalue weighted by molar-refractivity contribution is -0.123. The largest absolute Gasteiger partial charge is 0.355 e. The zero-order valence-electron chi connectivity index (χ0n) is 16.0. The molecule has 1 aromatic heterocycles. The molecule has 2 unspecified atom stereocenters. The van der Waals surface area contributed by atoms with Crippen molar-refractivity contribution in [2.24, 2.45) is 16.7 Å². The van der Waals surface area contributed by atoms with Crippen molar-refractivity contribution in [3.05, 3.63) is 11.6 Å². The number of carbonyl (C=O) groups is 2. The molecule has 0 radical (unpaired) electrons. The van der Waals surface area contributed by atoms with Crippen LogP contribution in [-0.4, -0.2) is 51.0 Å². The van der Waals surface area contributed by atoms with Crippen LogP contribution in [0.1, 0.15) is 68.8 Å². The number of hydrogen-bond acceptors (Lipinski definition) is 4. The Morgan fingerprint density at radius 1 is 1.31 bits per heavy atom. The maximum Gasteiger partial charge on any atom is 0.293 e. The maximum absolute atomic E-state index is 12.9. The summed E-state index contributed by atoms with van der Waals surface area (Å²) in [4.78, 5) is 31.5. The van der Waals surface area contributed by atoms with E-state index in [1.165, 1.54) is 6.42 Å². The summed E-state index contributed by atoms with van der Waals surface area (Å²) in [5.74, 6) is 1.16. The number of fused-ring (bicyclic) bond motifs is 1. The molecule has 1 aromatic rings. The van der Waals surface area contributed by atoms with Gasteiger partial charge in [0.1, 0.15) is 5.82 Å². The van der Waals surface area contributed by atoms with E-state index in [0.29, 0.717) is 12.4 Å². The number of H-pyrrole nitrogens is 1. The van der Waals surface area contributed by atoms with Gasteiger partial charge in [-0.3, -0.25) is 14.7 Å². The van der Waals surface area contributed by atoms with Crippen LogP contribution in [0, 0.1) is 23.7 Å². The molecule has 3 aliphatic rings. The zero-order chi connectivity index (χ0) is 18.5. The Hall–Kier alpha value is -1.92. The number of carbonyl (C=O) groups excluding carboxylic acids is 2. The molecule has 26 heavy (non-hydrogen) atoms. The lowest BCUT2D eigenvalue weighted by Gasteiger charge is -2.41. The van der Waals surface area contributed by atoms with Gasteiger partial charge in [0.15, 0.2) is 0 Å². The molecule has 2 amide bonds. The first-order valence-corrected chi connectivity index (χ1v) is 9.80. The van der Waals surface area contributed by atoms with E-state index in [2.05, 4.69) is 34.3 Å². The third-order valence-electron chi connectivity index (χ3n) is 6.83. The Bertz CT molecular complexity index is 727. The quantitative estimate of drug-likeness (QED) is 0.861. The van der Waals surface area contributed by atoms with Crippen molar-refractivity contribution in [3.8, 4) is 0 Å². The van der Waals surface area contributed by atoms with Crippen molar-refractivity contribution >= 4 is 11.8 Å². The smallest absolute Gasteiger partial charge is 0.293 e. The predicted molar refractivity (Wildman–Crippen MR) is 96.4 cm³/mol. The van der Waals surface area contributed by atoms with Crippen molar-refractivity contribution in [2.45, 2.75) is 65.3 Å². The Morgan fingerprint density at radius 2 is 2.08 bits per heavy atom. The molecular formula is C19H29N5O2. The second kappa shape index (κ2) is 6.06. The lowest BCUT2D eigenvalue weighted by Crippen LogP contribution is -2.50. The molecule has 142 valence electrons. The minimum Gasteiger partial charge on any atom is -0.355 e. The second-order valence-electron chi connectivity index (χ2n) is 9.08. The molecule has 7 nitrogen and oxygen atoms in total. The molecule has 4 rings (SSSR count). The van der Waals surface area contributed by atoms with Crippen LogP contribution in [-0.2, 0) is 4.79 Å². The van der Waals surface area contributed by atoms with Crippen LogP contribution in [0.3, 0.4) is 0 Å². The van der Waals surface area contributed by atoms with Crippen LogP contribution >= 0.6 is 0 Å². The van der Waals surface area contributed by atoms with E-state index < -0.39 is 0 Å². The molecule has 3 fully saturated rings. The van der Waals surface area contributed by atoms with Gasteiger partial charge < -0.3 is 10.2 Å². The fourth-order valence-electron chi connectivity index (χ4n) is 4.97. The van der Waals surface area contributed by atoms with E-state index >= 15 is 0 Å². The number of hydrogen-bond donors (Lipinski definition) is 2. The fourth-order valence-corrected chi connectivity index (χ4v) is 4.97. The van der Waals surface area contributed by atoms with E-state index in [1.807, 2.05) is 4.90 Å². The van der Waals surface area contributed by atoms with E-state index in [4.69, 9.17) is 0 Å². The average molecular weight is 359 g/mol. The minimum atomic E-state index is -0.0854. The van der Waals surface area contributed by atoms with Gasteiger partial charge in [0, 0.05) is 30.5 Å². The Morgan fingerprint density at radius 3 is 2.73 bits per heavy atom. The monoisotopic (exact) mass is 359 g/mol. The lowest BCUT2D eigenvalue weighted by atomic mass is 9.70. The van der Waals surface area contributed by atoms with Gasteiger partial charge in [-0.05, 0) is 38.0 Å². The SMILES string of the molecule is Cc1nc(C(=O)N2CCC3(CNC(=O)[C@H]4CC4(C)C)CCCCC23)n[nH]1. The van der Waals surface area contributed by atoms with Gasteiger partial charge in [0.2, 0.25) is 11.7 Å². The van der Waals surface area contributed by atoms with Gasteiger partial charge in [-0.2, -0.15) is 0 Å². The number of likely N-dealkylation sites (tertiary alicyclic amines) is 1. The van der Waals surface area contributed by atoms with Gasteiger partial charge in [0.25, 0.3) is 5.91 Å². The highest BCUT2D eigenvalue weighted by molar-refractivity contribution is 5.91. The highest BCUT2D eigenvalue weighted by Gasteiger charge is 2.53. The van der Waals surface area contributed by atoms with Crippen molar-refractivity contribution < 1.29 is 9.59 Å². The van der Waals surface area contributed by atoms with Crippen LogP contribution in [0.25, 0.3) is 0 Å². The number of nitrogens with zero attached hydrogens (tertiary/aromatic N) is 3. The third kappa shape index (κ3) is 2.91. The normalized spacial score (nSPS) is 32.2. The Balaban J connectivity index is 1.46. The van der Waals surface area contributed by atoms with Crippen LogP contribution in [0.4, 0.5) is 0 Å². The highest BCUT2D eigenvalue weighted by atomic mass is 16.2. The van der Waals surface area contributed by atoms with Gasteiger partial charge in [-0.25, -0.2) is 4.98 Å². The molecule has 0 spiro atoms. The Labute approximate surface area is 154 Å².